The molecule has 1 amide bonds. The molecule has 2 fully saturated rings. The summed E-state index contributed by atoms with van der Waals surface area (Å²) in [5.74, 6) is -1.67. The Kier molecular flexibility index (Phi) is 3.67. The summed E-state index contributed by atoms with van der Waals surface area (Å²) < 4.78 is 27.6. The smallest absolute Gasteiger partial charge is 0.272 e. The van der Waals surface area contributed by atoms with E-state index in [1.807, 2.05) is 0 Å². The lowest BCUT2D eigenvalue weighted by Crippen LogP contribution is -2.38. The molecule has 7 heteroatoms. The standard InChI is InChI=1S/C18H17F2N3O2/c19-11-2-3-12(14(20)6-11)13-9-23(10-18(13)4-1-5-18)17(25)15-7-21-8-16(24)22-15/h2-3,6-8,13H,1,4-5,9-10H2,(H,22,24). The molecule has 0 bridgehead atoms. The molecule has 1 aromatic carbocycles. The highest BCUT2D eigenvalue weighted by Crippen LogP contribution is 2.56. The molecule has 0 radical (unpaired) electrons. The number of rotatable bonds is 2. The number of halogens is 2. The maximum absolute atomic E-state index is 14.3. The summed E-state index contributed by atoms with van der Waals surface area (Å²) in [6.45, 7) is 0.850. The van der Waals surface area contributed by atoms with Crippen LogP contribution in [0.5, 0.6) is 0 Å². The summed E-state index contributed by atoms with van der Waals surface area (Å²) in [5, 5.41) is 0. The summed E-state index contributed by atoms with van der Waals surface area (Å²) in [4.78, 5) is 32.0. The number of benzene rings is 1. The predicted molar refractivity (Wildman–Crippen MR) is 86.1 cm³/mol. The van der Waals surface area contributed by atoms with Crippen LogP contribution >= 0.6 is 0 Å². The minimum absolute atomic E-state index is 0.127. The van der Waals surface area contributed by atoms with Crippen molar-refractivity contribution < 1.29 is 13.6 Å². The number of carbonyl (C=O) groups is 1. The zero-order chi connectivity index (χ0) is 17.6. The molecule has 1 N–H and O–H groups in total. The van der Waals surface area contributed by atoms with Gasteiger partial charge in [0.2, 0.25) is 0 Å². The molecular formula is C18H17F2N3O2. The Labute approximate surface area is 142 Å². The third-order valence-corrected chi connectivity index (χ3v) is 5.51. The van der Waals surface area contributed by atoms with Gasteiger partial charge >= 0.3 is 0 Å². The van der Waals surface area contributed by atoms with Crippen molar-refractivity contribution in [1.82, 2.24) is 14.9 Å². The SMILES string of the molecule is O=C(c1cncc(=O)[nH]1)N1CC(c2ccc(F)cc2F)C2(CCC2)C1. The molecule has 2 heterocycles. The number of likely N-dealkylation sites (tertiary alicyclic amines) is 1. The van der Waals surface area contributed by atoms with Gasteiger partial charge in [-0.3, -0.25) is 14.6 Å². The van der Waals surface area contributed by atoms with Crippen LogP contribution in [-0.4, -0.2) is 33.9 Å². The van der Waals surface area contributed by atoms with Crippen molar-refractivity contribution in [3.8, 4) is 0 Å². The van der Waals surface area contributed by atoms with Crippen LogP contribution in [0.15, 0.2) is 35.4 Å². The zero-order valence-corrected chi connectivity index (χ0v) is 13.5. The Morgan fingerprint density at radius 3 is 2.72 bits per heavy atom. The summed E-state index contributed by atoms with van der Waals surface area (Å²) in [5.41, 5.74) is -0.0283. The molecule has 1 atom stereocenters. The lowest BCUT2D eigenvalue weighted by Gasteiger charge is -2.43. The molecule has 2 aliphatic rings. The van der Waals surface area contributed by atoms with E-state index in [1.165, 1.54) is 18.3 Å². The first-order chi connectivity index (χ1) is 12.0. The molecule has 25 heavy (non-hydrogen) atoms. The first-order valence-corrected chi connectivity index (χ1v) is 8.27. The van der Waals surface area contributed by atoms with Gasteiger partial charge in [-0.2, -0.15) is 0 Å². The fourth-order valence-corrected chi connectivity index (χ4v) is 4.13. The highest BCUT2D eigenvalue weighted by atomic mass is 19.1. The van der Waals surface area contributed by atoms with E-state index in [4.69, 9.17) is 0 Å². The van der Waals surface area contributed by atoms with Crippen LogP contribution in [0.2, 0.25) is 0 Å². The van der Waals surface area contributed by atoms with E-state index in [0.29, 0.717) is 18.7 Å². The van der Waals surface area contributed by atoms with Crippen LogP contribution in [0, 0.1) is 17.0 Å². The van der Waals surface area contributed by atoms with Crippen molar-refractivity contribution in [2.45, 2.75) is 25.2 Å². The molecule has 5 nitrogen and oxygen atoms in total. The second-order valence-electron chi connectivity index (χ2n) is 6.93. The van der Waals surface area contributed by atoms with E-state index < -0.39 is 17.2 Å². The van der Waals surface area contributed by atoms with Gasteiger partial charge in [0.15, 0.2) is 0 Å². The van der Waals surface area contributed by atoms with E-state index in [9.17, 15) is 18.4 Å². The topological polar surface area (TPSA) is 66.1 Å². The largest absolute Gasteiger partial charge is 0.336 e. The summed E-state index contributed by atoms with van der Waals surface area (Å²) in [7, 11) is 0. The third kappa shape index (κ3) is 2.63. The third-order valence-electron chi connectivity index (χ3n) is 5.51. The molecule has 1 saturated carbocycles. The average Bonchev–Trinajstić information content (AvgIpc) is 2.95. The minimum Gasteiger partial charge on any atom is -0.336 e. The number of carbonyl (C=O) groups excluding carboxylic acids is 1. The molecule has 1 aromatic heterocycles. The number of hydrogen-bond acceptors (Lipinski definition) is 3. The van der Waals surface area contributed by atoms with Crippen LogP contribution in [0.4, 0.5) is 8.78 Å². The quantitative estimate of drug-likeness (QED) is 0.909. The highest BCUT2D eigenvalue weighted by Gasteiger charge is 2.52. The number of nitrogens with zero attached hydrogens (tertiary/aromatic N) is 2. The number of H-pyrrole nitrogens is 1. The van der Waals surface area contributed by atoms with Crippen molar-refractivity contribution in [3.05, 3.63) is 63.8 Å². The molecule has 130 valence electrons. The molecule has 2 aromatic rings. The lowest BCUT2D eigenvalue weighted by atomic mass is 9.61. The van der Waals surface area contributed by atoms with Crippen molar-refractivity contribution in [2.75, 3.05) is 13.1 Å². The first kappa shape index (κ1) is 15.9. The van der Waals surface area contributed by atoms with Gasteiger partial charge in [-0.25, -0.2) is 8.78 Å². The number of aromatic nitrogens is 2. The lowest BCUT2D eigenvalue weighted by molar-refractivity contribution is 0.0718. The van der Waals surface area contributed by atoms with Gasteiger partial charge in [0.1, 0.15) is 17.3 Å². The molecular weight excluding hydrogens is 328 g/mol. The Hall–Kier alpha value is -2.57. The van der Waals surface area contributed by atoms with Gasteiger partial charge in [0.25, 0.3) is 11.5 Å². The maximum atomic E-state index is 14.3. The van der Waals surface area contributed by atoms with Crippen molar-refractivity contribution in [3.63, 3.8) is 0 Å². The van der Waals surface area contributed by atoms with Gasteiger partial charge < -0.3 is 9.88 Å². The van der Waals surface area contributed by atoms with E-state index >= 15 is 0 Å². The number of aromatic amines is 1. The summed E-state index contributed by atoms with van der Waals surface area (Å²) in [6.07, 6.45) is 5.27. The molecule has 1 spiro atoms. The number of amides is 1. The number of nitrogens with one attached hydrogen (secondary N) is 1. The van der Waals surface area contributed by atoms with Crippen molar-refractivity contribution >= 4 is 5.91 Å². The molecule has 1 aliphatic carbocycles. The summed E-state index contributed by atoms with van der Waals surface area (Å²) >= 11 is 0. The predicted octanol–water partition coefficient (Wildman–Crippen LogP) is 2.46. The Balaban J connectivity index is 1.65. The zero-order valence-electron chi connectivity index (χ0n) is 13.5. The van der Waals surface area contributed by atoms with Gasteiger partial charge in [0, 0.05) is 25.1 Å². The highest BCUT2D eigenvalue weighted by molar-refractivity contribution is 5.92. The molecule has 1 aliphatic heterocycles. The van der Waals surface area contributed by atoms with Crippen molar-refractivity contribution in [2.24, 2.45) is 5.41 Å². The Morgan fingerprint density at radius 1 is 1.28 bits per heavy atom. The molecule has 1 unspecified atom stereocenters. The van der Waals surface area contributed by atoms with Gasteiger partial charge in [0.05, 0.1) is 12.4 Å². The first-order valence-electron chi connectivity index (χ1n) is 8.27. The van der Waals surface area contributed by atoms with Gasteiger partial charge in [-0.1, -0.05) is 12.5 Å². The van der Waals surface area contributed by atoms with Gasteiger partial charge in [-0.15, -0.1) is 0 Å². The summed E-state index contributed by atoms with van der Waals surface area (Å²) in [6, 6.07) is 3.63. The Morgan fingerprint density at radius 2 is 2.08 bits per heavy atom. The fourth-order valence-electron chi connectivity index (χ4n) is 4.13. The molecule has 1 saturated heterocycles. The van der Waals surface area contributed by atoms with E-state index in [1.54, 1.807) is 4.90 Å². The van der Waals surface area contributed by atoms with Crippen LogP contribution < -0.4 is 5.56 Å². The van der Waals surface area contributed by atoms with E-state index in [0.717, 1.165) is 31.5 Å². The van der Waals surface area contributed by atoms with E-state index in [-0.39, 0.29) is 22.9 Å². The normalized spacial score (nSPS) is 21.4. The van der Waals surface area contributed by atoms with Crippen LogP contribution in [0.1, 0.15) is 41.2 Å². The second kappa shape index (κ2) is 5.75. The van der Waals surface area contributed by atoms with Gasteiger partial charge in [-0.05, 0) is 29.9 Å². The second-order valence-corrected chi connectivity index (χ2v) is 6.93. The minimum atomic E-state index is -0.609. The van der Waals surface area contributed by atoms with Crippen LogP contribution in [0.3, 0.4) is 0 Å². The van der Waals surface area contributed by atoms with Crippen molar-refractivity contribution in [1.29, 1.82) is 0 Å². The molecule has 4 rings (SSSR count). The Bertz CT molecular complexity index is 892. The number of hydrogen-bond donors (Lipinski definition) is 1. The maximum Gasteiger partial charge on any atom is 0.272 e. The van der Waals surface area contributed by atoms with Crippen LogP contribution in [-0.2, 0) is 0 Å². The van der Waals surface area contributed by atoms with E-state index in [2.05, 4.69) is 9.97 Å². The fraction of sp³-hybridized carbons (Fsp3) is 0.389. The van der Waals surface area contributed by atoms with Crippen LogP contribution in [0.25, 0.3) is 0 Å². The monoisotopic (exact) mass is 345 g/mol. The average molecular weight is 345 g/mol.